The van der Waals surface area contributed by atoms with Gasteiger partial charge in [0.15, 0.2) is 5.82 Å². The number of rotatable bonds is 6. The minimum Gasteiger partial charge on any atom is -0.359 e. The van der Waals surface area contributed by atoms with Gasteiger partial charge in [-0.15, -0.1) is 0 Å². The Hall–Kier alpha value is -3.04. The van der Waals surface area contributed by atoms with Crippen molar-refractivity contribution in [1.82, 2.24) is 19.8 Å². The number of hydrogen-bond acceptors (Lipinski definition) is 6. The highest BCUT2D eigenvalue weighted by atomic mass is 32.2. The molecule has 0 bridgehead atoms. The molecule has 1 atom stereocenters. The Kier molecular flexibility index (Phi) is 5.18. The van der Waals surface area contributed by atoms with Crippen LogP contribution in [0.25, 0.3) is 0 Å². The van der Waals surface area contributed by atoms with E-state index in [1.807, 2.05) is 49.7 Å². The van der Waals surface area contributed by atoms with E-state index >= 15 is 0 Å². The number of quaternary nitrogens is 1. The molecule has 0 saturated carbocycles. The summed E-state index contributed by atoms with van der Waals surface area (Å²) in [5, 5.41) is 13.2. The van der Waals surface area contributed by atoms with Crippen molar-refractivity contribution in [3.63, 3.8) is 0 Å². The smallest absolute Gasteiger partial charge is 0.233 e. The SMILES string of the molecule is CNC(=O)Cc1cccc(SN2C=C(Nc3cc(C)[nH]n3)[NH+]3C=CN=C3C2)c1. The van der Waals surface area contributed by atoms with Crippen molar-refractivity contribution >= 4 is 29.5 Å². The van der Waals surface area contributed by atoms with Crippen molar-refractivity contribution in [1.29, 1.82) is 0 Å². The standard InChI is InChI=1S/C19H21N7OS/c1-13-8-16(24-23-13)22-18-12-25(11-17-21-6-7-26(17)18)28-15-5-3-4-14(9-15)10-19(27)20-2/h3-9,12H,10-11H2,1-2H3,(H,20,27)(H2,22,23,24)/p+1. The third kappa shape index (κ3) is 4.10. The highest BCUT2D eigenvalue weighted by Crippen LogP contribution is 2.25. The van der Waals surface area contributed by atoms with Crippen LogP contribution in [0.1, 0.15) is 11.3 Å². The number of carbonyl (C=O) groups is 1. The molecule has 1 unspecified atom stereocenters. The molecule has 0 radical (unpaired) electrons. The number of amidine groups is 1. The first-order chi connectivity index (χ1) is 13.6. The molecule has 0 saturated heterocycles. The van der Waals surface area contributed by atoms with Crippen molar-refractivity contribution in [2.24, 2.45) is 4.99 Å². The molecule has 2 aliphatic heterocycles. The quantitative estimate of drug-likeness (QED) is 0.547. The number of benzene rings is 1. The fourth-order valence-corrected chi connectivity index (χ4v) is 4.00. The largest absolute Gasteiger partial charge is 0.359 e. The summed E-state index contributed by atoms with van der Waals surface area (Å²) >= 11 is 1.62. The predicted molar refractivity (Wildman–Crippen MR) is 109 cm³/mol. The molecule has 0 aliphatic carbocycles. The lowest BCUT2D eigenvalue weighted by Gasteiger charge is -2.27. The maximum Gasteiger partial charge on any atom is 0.233 e. The summed E-state index contributed by atoms with van der Waals surface area (Å²) in [6, 6.07) is 10.0. The Morgan fingerprint density at radius 2 is 2.29 bits per heavy atom. The second-order valence-electron chi connectivity index (χ2n) is 6.57. The van der Waals surface area contributed by atoms with Crippen LogP contribution in [0.2, 0.25) is 0 Å². The maximum atomic E-state index is 11.6. The number of aromatic amines is 1. The molecule has 4 rings (SSSR count). The third-order valence-electron chi connectivity index (χ3n) is 4.38. The average molecular weight is 397 g/mol. The zero-order valence-electron chi connectivity index (χ0n) is 15.7. The van der Waals surface area contributed by atoms with Crippen molar-refractivity contribution in [3.05, 3.63) is 66.0 Å². The summed E-state index contributed by atoms with van der Waals surface area (Å²) < 4.78 is 2.14. The molecule has 0 spiro atoms. The van der Waals surface area contributed by atoms with Gasteiger partial charge < -0.3 is 5.32 Å². The van der Waals surface area contributed by atoms with Crippen LogP contribution in [0, 0.1) is 6.92 Å². The average Bonchev–Trinajstić information content (AvgIpc) is 3.31. The molecule has 1 aromatic heterocycles. The lowest BCUT2D eigenvalue weighted by Crippen LogP contribution is -3.10. The van der Waals surface area contributed by atoms with E-state index in [4.69, 9.17) is 0 Å². The molecule has 8 nitrogen and oxygen atoms in total. The fraction of sp³-hybridized carbons (Fsp3) is 0.211. The van der Waals surface area contributed by atoms with Crippen LogP contribution in [0.5, 0.6) is 0 Å². The number of nitrogens with one attached hydrogen (secondary N) is 4. The van der Waals surface area contributed by atoms with Gasteiger partial charge in [-0.2, -0.15) is 5.10 Å². The molecule has 2 aromatic rings. The minimum absolute atomic E-state index is 0.00595. The molecule has 4 N–H and O–H groups in total. The van der Waals surface area contributed by atoms with E-state index in [-0.39, 0.29) is 5.91 Å². The van der Waals surface area contributed by atoms with E-state index in [0.717, 1.165) is 38.5 Å². The van der Waals surface area contributed by atoms with Gasteiger partial charge in [-0.1, -0.05) is 12.1 Å². The normalized spacial score (nSPS) is 17.8. The van der Waals surface area contributed by atoms with E-state index in [9.17, 15) is 4.79 Å². The third-order valence-corrected chi connectivity index (χ3v) is 5.32. The summed E-state index contributed by atoms with van der Waals surface area (Å²) in [5.41, 5.74) is 1.99. The van der Waals surface area contributed by atoms with Crippen LogP contribution in [0.4, 0.5) is 5.82 Å². The lowest BCUT2D eigenvalue weighted by atomic mass is 10.1. The topological polar surface area (TPSA) is 89.9 Å². The van der Waals surface area contributed by atoms with Crippen molar-refractivity contribution in [2.75, 3.05) is 18.9 Å². The van der Waals surface area contributed by atoms with E-state index in [1.54, 1.807) is 19.0 Å². The number of amides is 1. The van der Waals surface area contributed by atoms with Gasteiger partial charge in [0, 0.05) is 23.7 Å². The second-order valence-corrected chi connectivity index (χ2v) is 7.70. The summed E-state index contributed by atoms with van der Waals surface area (Å²) in [6.45, 7) is 2.67. The highest BCUT2D eigenvalue weighted by molar-refractivity contribution is 7.97. The number of aryl methyl sites for hydroxylation is 1. The number of nitrogens with zero attached hydrogens (tertiary/aromatic N) is 3. The van der Waals surface area contributed by atoms with Crippen LogP contribution in [0.3, 0.4) is 0 Å². The van der Waals surface area contributed by atoms with Gasteiger partial charge in [0.25, 0.3) is 0 Å². The first-order valence-corrected chi connectivity index (χ1v) is 9.74. The Morgan fingerprint density at radius 3 is 3.07 bits per heavy atom. The Morgan fingerprint density at radius 1 is 1.39 bits per heavy atom. The molecule has 9 heteroatoms. The van der Waals surface area contributed by atoms with E-state index in [1.165, 1.54) is 0 Å². The number of anilines is 1. The van der Waals surface area contributed by atoms with Crippen molar-refractivity contribution in [3.8, 4) is 0 Å². The van der Waals surface area contributed by atoms with Crippen LogP contribution >= 0.6 is 11.9 Å². The fourth-order valence-electron chi connectivity index (χ4n) is 3.05. The highest BCUT2D eigenvalue weighted by Gasteiger charge is 2.32. The van der Waals surface area contributed by atoms with E-state index < -0.39 is 0 Å². The van der Waals surface area contributed by atoms with Gasteiger partial charge in [-0.05, 0) is 36.6 Å². The Balaban J connectivity index is 1.52. The number of carbonyl (C=O) groups excluding carboxylic acids is 1. The van der Waals surface area contributed by atoms with E-state index in [0.29, 0.717) is 13.0 Å². The van der Waals surface area contributed by atoms with Gasteiger partial charge in [0.05, 0.1) is 18.8 Å². The van der Waals surface area contributed by atoms with Crippen LogP contribution in [-0.4, -0.2) is 39.8 Å². The monoisotopic (exact) mass is 396 g/mol. The van der Waals surface area contributed by atoms with Crippen LogP contribution in [0.15, 0.2) is 64.6 Å². The minimum atomic E-state index is 0.00595. The van der Waals surface area contributed by atoms with Gasteiger partial charge in [-0.25, -0.2) is 9.89 Å². The maximum absolute atomic E-state index is 11.6. The molecular weight excluding hydrogens is 374 g/mol. The first-order valence-electron chi connectivity index (χ1n) is 8.96. The van der Waals surface area contributed by atoms with Crippen LogP contribution in [-0.2, 0) is 11.2 Å². The first kappa shape index (κ1) is 18.3. The second kappa shape index (κ2) is 7.91. The van der Waals surface area contributed by atoms with Gasteiger partial charge in [-0.3, -0.25) is 19.5 Å². The van der Waals surface area contributed by atoms with Crippen molar-refractivity contribution < 1.29 is 9.69 Å². The number of likely N-dealkylation sites (N-methyl/N-ethyl adjacent to an activating group) is 1. The summed E-state index contributed by atoms with van der Waals surface area (Å²) in [4.78, 5) is 18.3. The predicted octanol–water partition coefficient (Wildman–Crippen LogP) is 1.01. The molecule has 1 amide bonds. The summed E-state index contributed by atoms with van der Waals surface area (Å²) in [5.74, 6) is 2.76. The lowest BCUT2D eigenvalue weighted by molar-refractivity contribution is -0.699. The Labute approximate surface area is 167 Å². The molecule has 2 aliphatic rings. The zero-order valence-corrected chi connectivity index (χ0v) is 16.5. The molecule has 3 heterocycles. The van der Waals surface area contributed by atoms with Crippen LogP contribution < -0.4 is 15.5 Å². The number of aliphatic imine (C=N–C) groups is 1. The van der Waals surface area contributed by atoms with Gasteiger partial charge >= 0.3 is 0 Å². The van der Waals surface area contributed by atoms with Crippen molar-refractivity contribution in [2.45, 2.75) is 18.2 Å². The molecule has 0 fully saturated rings. The van der Waals surface area contributed by atoms with Gasteiger partial charge in [0.1, 0.15) is 12.7 Å². The number of hydrogen-bond donors (Lipinski definition) is 4. The Bertz CT molecular complexity index is 978. The van der Waals surface area contributed by atoms with Gasteiger partial charge in [0.2, 0.25) is 17.6 Å². The number of aromatic nitrogens is 2. The zero-order chi connectivity index (χ0) is 19.5. The number of fused-ring (bicyclic) bond motifs is 1. The summed E-state index contributed by atoms with van der Waals surface area (Å²) in [6.07, 6.45) is 6.29. The molecule has 144 valence electrons. The molecule has 1 aromatic carbocycles. The number of H-pyrrole nitrogens is 1. The molecular formula is C19H22N7OS+. The van der Waals surface area contributed by atoms with E-state index in [2.05, 4.69) is 36.3 Å². The molecule has 28 heavy (non-hydrogen) atoms. The summed E-state index contributed by atoms with van der Waals surface area (Å²) in [7, 11) is 1.65.